The van der Waals surface area contributed by atoms with Gasteiger partial charge in [-0.2, -0.15) is 18.3 Å². The SMILES string of the molecule is CCN/C=C(\N)CN1CCc2c(cc(CN(C=N)/C=C\OC)cc2-c2cn(CC)nc2C(F)(F)F)C1=O.OI. The molecule has 1 aromatic heterocycles. The van der Waals surface area contributed by atoms with Gasteiger partial charge in [0.25, 0.3) is 5.91 Å². The molecule has 10 nitrogen and oxygen atoms in total. The van der Waals surface area contributed by atoms with E-state index in [-0.39, 0.29) is 31.1 Å². The zero-order chi connectivity index (χ0) is 29.2. The van der Waals surface area contributed by atoms with Crippen LogP contribution in [0.4, 0.5) is 13.2 Å². The second kappa shape index (κ2) is 14.8. The molecule has 1 aliphatic rings. The van der Waals surface area contributed by atoms with Crippen LogP contribution in [0.3, 0.4) is 0 Å². The van der Waals surface area contributed by atoms with E-state index in [9.17, 15) is 18.0 Å². The number of carbonyl (C=O) groups is 1. The molecule has 39 heavy (non-hydrogen) atoms. The van der Waals surface area contributed by atoms with Crippen LogP contribution < -0.4 is 11.1 Å². The molecule has 0 radical (unpaired) electrons. The Bertz CT molecular complexity index is 1200. The number of hydrogen-bond acceptors (Lipinski definition) is 7. The van der Waals surface area contributed by atoms with Gasteiger partial charge in [-0.3, -0.25) is 14.9 Å². The van der Waals surface area contributed by atoms with E-state index < -0.39 is 11.9 Å². The zero-order valence-electron chi connectivity index (χ0n) is 21.9. The van der Waals surface area contributed by atoms with Crippen molar-refractivity contribution in [2.45, 2.75) is 39.5 Å². The van der Waals surface area contributed by atoms with E-state index in [4.69, 9.17) is 19.3 Å². The number of carbonyl (C=O) groups excluding carboxylic acids is 1. The molecular formula is C25H33F3IN7O3. The van der Waals surface area contributed by atoms with Crippen molar-refractivity contribution in [3.05, 3.63) is 65.1 Å². The minimum atomic E-state index is -4.67. The van der Waals surface area contributed by atoms with Crippen LogP contribution in [0.5, 0.6) is 0 Å². The molecule has 0 saturated heterocycles. The summed E-state index contributed by atoms with van der Waals surface area (Å²) in [6, 6.07) is 3.32. The van der Waals surface area contributed by atoms with Crippen molar-refractivity contribution in [3.8, 4) is 11.1 Å². The Balaban J connectivity index is 0.00000260. The van der Waals surface area contributed by atoms with E-state index in [1.807, 2.05) is 6.92 Å². The van der Waals surface area contributed by atoms with Crippen LogP contribution in [0.25, 0.3) is 11.1 Å². The largest absolute Gasteiger partial charge is 0.503 e. The molecule has 1 aromatic carbocycles. The maximum absolute atomic E-state index is 14.0. The van der Waals surface area contributed by atoms with Gasteiger partial charge in [-0.05, 0) is 49.1 Å². The molecule has 0 aliphatic carbocycles. The molecule has 0 spiro atoms. The number of nitrogens with two attached hydrogens (primary N) is 1. The number of nitrogens with one attached hydrogen (secondary N) is 2. The van der Waals surface area contributed by atoms with Crippen LogP contribution in [-0.2, 0) is 30.4 Å². The van der Waals surface area contributed by atoms with E-state index in [2.05, 4.69) is 10.4 Å². The lowest BCUT2D eigenvalue weighted by Crippen LogP contribution is -2.40. The van der Waals surface area contributed by atoms with Gasteiger partial charge < -0.3 is 29.0 Å². The maximum Gasteiger partial charge on any atom is 0.435 e. The zero-order valence-corrected chi connectivity index (χ0v) is 24.1. The summed E-state index contributed by atoms with van der Waals surface area (Å²) in [4.78, 5) is 16.6. The Kier molecular flexibility index (Phi) is 12.1. The lowest BCUT2D eigenvalue weighted by atomic mass is 9.88. The first-order chi connectivity index (χ1) is 18.6. The second-order valence-corrected chi connectivity index (χ2v) is 8.49. The highest BCUT2D eigenvalue weighted by Gasteiger charge is 2.39. The van der Waals surface area contributed by atoms with Gasteiger partial charge in [-0.25, -0.2) is 0 Å². The molecule has 2 aromatic rings. The van der Waals surface area contributed by atoms with Crippen LogP contribution >= 0.6 is 23.0 Å². The maximum atomic E-state index is 14.0. The Labute approximate surface area is 239 Å². The van der Waals surface area contributed by atoms with E-state index >= 15 is 0 Å². The van der Waals surface area contributed by atoms with E-state index in [1.54, 1.807) is 30.2 Å². The highest BCUT2D eigenvalue weighted by Crippen LogP contribution is 2.40. The molecule has 214 valence electrons. The lowest BCUT2D eigenvalue weighted by molar-refractivity contribution is -0.141. The second-order valence-electron chi connectivity index (χ2n) is 8.49. The van der Waals surface area contributed by atoms with Gasteiger partial charge in [0.2, 0.25) is 0 Å². The average Bonchev–Trinajstić information content (AvgIpc) is 3.37. The molecule has 2 heterocycles. The molecule has 3 rings (SSSR count). The molecule has 1 aliphatic heterocycles. The molecule has 0 fully saturated rings. The van der Waals surface area contributed by atoms with Crippen molar-refractivity contribution in [2.75, 3.05) is 26.7 Å². The average molecular weight is 663 g/mol. The van der Waals surface area contributed by atoms with Gasteiger partial charge >= 0.3 is 6.18 Å². The number of benzene rings is 1. The fourth-order valence-electron chi connectivity index (χ4n) is 4.17. The first kappa shape index (κ1) is 31.9. The first-order valence-electron chi connectivity index (χ1n) is 12.0. The third kappa shape index (κ3) is 8.11. The topological polar surface area (TPSA) is 133 Å². The van der Waals surface area contributed by atoms with Crippen molar-refractivity contribution >= 4 is 35.3 Å². The van der Waals surface area contributed by atoms with Gasteiger partial charge in [0.05, 0.1) is 26.3 Å². The predicted octanol–water partition coefficient (Wildman–Crippen LogP) is 3.85. The quantitative estimate of drug-likeness (QED) is 0.124. The third-order valence-electron chi connectivity index (χ3n) is 5.89. The van der Waals surface area contributed by atoms with Gasteiger partial charge in [0, 0.05) is 61.6 Å². The number of rotatable bonds is 11. The highest BCUT2D eigenvalue weighted by atomic mass is 127. The monoisotopic (exact) mass is 663 g/mol. The number of halogens is 4. The van der Waals surface area contributed by atoms with Gasteiger partial charge in [-0.1, -0.05) is 0 Å². The molecule has 5 N–H and O–H groups in total. The van der Waals surface area contributed by atoms with Gasteiger partial charge in [0.1, 0.15) is 23.0 Å². The summed E-state index contributed by atoms with van der Waals surface area (Å²) >= 11 is 1.15. The number of hydrogen-bond donors (Lipinski definition) is 4. The van der Waals surface area contributed by atoms with Crippen molar-refractivity contribution < 1.29 is 26.1 Å². The van der Waals surface area contributed by atoms with Crippen LogP contribution in [0.1, 0.15) is 41.0 Å². The number of fused-ring (bicyclic) bond motifs is 1. The standard InChI is InChI=1S/C25H32F3N7O2.HIO/c1-4-31-12-18(30)14-34-7-6-19-20(22-15-35(5-2)32-23(22)25(26,27)28)10-17(11-21(19)24(34)36)13-33(16-29)8-9-37-3;1-2/h8-12,15-16,29,31H,4-7,13-14,30H2,1-3H3;2H/b9-8-,18-12-,29-16?;. The first-order valence-corrected chi connectivity index (χ1v) is 13.0. The van der Waals surface area contributed by atoms with Crippen LogP contribution in [-0.4, -0.2) is 62.0 Å². The minimum absolute atomic E-state index is 0.0749. The van der Waals surface area contributed by atoms with E-state index in [1.165, 1.54) is 35.4 Å². The third-order valence-corrected chi connectivity index (χ3v) is 5.89. The summed E-state index contributed by atoms with van der Waals surface area (Å²) in [6.45, 7) is 5.21. The highest BCUT2D eigenvalue weighted by molar-refractivity contribution is 14.1. The molecular weight excluding hydrogens is 630 g/mol. The summed E-state index contributed by atoms with van der Waals surface area (Å²) in [5.74, 6) is -0.317. The van der Waals surface area contributed by atoms with Gasteiger partial charge in [-0.15, -0.1) is 0 Å². The molecule has 0 atom stereocenters. The summed E-state index contributed by atoms with van der Waals surface area (Å²) in [5.41, 5.74) is 7.17. The van der Waals surface area contributed by atoms with Crippen molar-refractivity contribution in [3.63, 3.8) is 0 Å². The number of alkyl halides is 3. The number of nitrogens with zero attached hydrogens (tertiary/aromatic N) is 4. The van der Waals surface area contributed by atoms with E-state index in [0.29, 0.717) is 47.5 Å². The lowest BCUT2D eigenvalue weighted by Gasteiger charge is -2.31. The fourth-order valence-corrected chi connectivity index (χ4v) is 4.17. The number of ether oxygens (including phenoxy) is 1. The Morgan fingerprint density at radius 2 is 2.00 bits per heavy atom. The van der Waals surface area contributed by atoms with Crippen LogP contribution in [0, 0.1) is 5.41 Å². The normalized spacial score (nSPS) is 13.6. The molecule has 1 amide bonds. The molecule has 0 saturated carbocycles. The summed E-state index contributed by atoms with van der Waals surface area (Å²) in [7, 11) is 1.46. The van der Waals surface area contributed by atoms with Crippen LogP contribution in [0.2, 0.25) is 0 Å². The predicted molar refractivity (Wildman–Crippen MR) is 151 cm³/mol. The molecule has 0 bridgehead atoms. The summed E-state index contributed by atoms with van der Waals surface area (Å²) in [6.07, 6.45) is 2.66. The molecule has 14 heteroatoms. The smallest absolute Gasteiger partial charge is 0.435 e. The van der Waals surface area contributed by atoms with Crippen LogP contribution in [0.15, 0.2) is 42.7 Å². The number of methoxy groups -OCH3 is 1. The van der Waals surface area contributed by atoms with Crippen molar-refractivity contribution in [1.82, 2.24) is 24.9 Å². The van der Waals surface area contributed by atoms with Crippen molar-refractivity contribution in [1.29, 1.82) is 5.41 Å². The molecule has 0 unspecified atom stereocenters. The number of aryl methyl sites for hydroxylation is 1. The Hall–Kier alpha value is -3.27. The van der Waals surface area contributed by atoms with E-state index in [0.717, 1.165) is 29.3 Å². The Morgan fingerprint density at radius 3 is 2.59 bits per heavy atom. The summed E-state index contributed by atoms with van der Waals surface area (Å²) in [5, 5.41) is 14.4. The number of aromatic nitrogens is 2. The fraction of sp³-hybridized carbons (Fsp3) is 0.400. The minimum Gasteiger partial charge on any atom is -0.503 e. The summed E-state index contributed by atoms with van der Waals surface area (Å²) < 4.78 is 55.0. The van der Waals surface area contributed by atoms with Gasteiger partial charge in [0.15, 0.2) is 5.69 Å². The Morgan fingerprint density at radius 1 is 1.31 bits per heavy atom. The van der Waals surface area contributed by atoms with Crippen molar-refractivity contribution in [2.24, 2.45) is 5.73 Å². The number of amides is 1.